The SMILES string of the molecule is C=CC(=O)Nc1nccc(-c2sc(C3COCCN3C(=O)OC(C)(C)C)nc2-c2cccc(NS(=O)(=O)c3cc(F)ccc3F)c2F)n1. The van der Waals surface area contributed by atoms with Crippen LogP contribution in [0.2, 0.25) is 0 Å². The van der Waals surface area contributed by atoms with Crippen molar-refractivity contribution in [1.29, 1.82) is 0 Å². The smallest absolute Gasteiger partial charge is 0.411 e. The lowest BCUT2D eigenvalue weighted by atomic mass is 10.1. The maximum Gasteiger partial charge on any atom is 0.411 e. The zero-order valence-electron chi connectivity index (χ0n) is 25.8. The molecular weight excluding hydrogens is 674 g/mol. The molecule has 0 bridgehead atoms. The molecule has 1 unspecified atom stereocenters. The molecule has 48 heavy (non-hydrogen) atoms. The molecule has 1 saturated heterocycles. The first-order valence-corrected chi connectivity index (χ1v) is 16.6. The Labute approximate surface area is 277 Å². The summed E-state index contributed by atoms with van der Waals surface area (Å²) in [7, 11) is -4.78. The van der Waals surface area contributed by atoms with Crippen molar-refractivity contribution in [2.45, 2.75) is 37.3 Å². The van der Waals surface area contributed by atoms with Crippen molar-refractivity contribution in [3.8, 4) is 21.8 Å². The van der Waals surface area contributed by atoms with Crippen LogP contribution in [0.3, 0.4) is 0 Å². The van der Waals surface area contributed by atoms with Crippen LogP contribution in [0.15, 0.2) is 66.2 Å². The number of aromatic nitrogens is 3. The van der Waals surface area contributed by atoms with Gasteiger partial charge in [-0.3, -0.25) is 19.7 Å². The van der Waals surface area contributed by atoms with Crippen molar-refractivity contribution in [2.24, 2.45) is 0 Å². The molecule has 2 amide bonds. The van der Waals surface area contributed by atoms with Crippen LogP contribution in [0, 0.1) is 17.5 Å². The summed E-state index contributed by atoms with van der Waals surface area (Å²) in [5.41, 5.74) is -1.36. The van der Waals surface area contributed by atoms with Gasteiger partial charge in [-0.25, -0.2) is 41.3 Å². The largest absolute Gasteiger partial charge is 0.444 e. The van der Waals surface area contributed by atoms with Gasteiger partial charge >= 0.3 is 6.09 Å². The minimum absolute atomic E-state index is 0.0000986. The van der Waals surface area contributed by atoms with Gasteiger partial charge in [0.2, 0.25) is 11.9 Å². The predicted molar refractivity (Wildman–Crippen MR) is 171 cm³/mol. The zero-order valence-corrected chi connectivity index (χ0v) is 27.4. The number of nitrogens with zero attached hydrogens (tertiary/aromatic N) is 4. The number of hydrogen-bond acceptors (Lipinski definition) is 10. The lowest BCUT2D eigenvalue weighted by molar-refractivity contribution is -0.111. The number of carbonyl (C=O) groups excluding carboxylic acids is 2. The van der Waals surface area contributed by atoms with Gasteiger partial charge in [-0.1, -0.05) is 12.6 Å². The van der Waals surface area contributed by atoms with E-state index < -0.39 is 61.7 Å². The third-order valence-electron chi connectivity index (χ3n) is 6.67. The lowest BCUT2D eigenvalue weighted by Gasteiger charge is -2.35. The van der Waals surface area contributed by atoms with Gasteiger partial charge in [0, 0.05) is 18.3 Å². The Hall–Kier alpha value is -4.87. The second kappa shape index (κ2) is 13.7. The van der Waals surface area contributed by atoms with Gasteiger partial charge in [0.05, 0.1) is 35.2 Å². The normalized spacial score (nSPS) is 15.1. The number of ether oxygens (including phenoxy) is 2. The van der Waals surface area contributed by atoms with Crippen LogP contribution in [-0.2, 0) is 24.3 Å². The molecule has 3 heterocycles. The molecule has 1 aliphatic rings. The van der Waals surface area contributed by atoms with Crippen LogP contribution in [0.25, 0.3) is 21.8 Å². The summed E-state index contributed by atoms with van der Waals surface area (Å²) >= 11 is 1.05. The first-order chi connectivity index (χ1) is 22.7. The average Bonchev–Trinajstić information content (AvgIpc) is 3.47. The van der Waals surface area contributed by atoms with Crippen molar-refractivity contribution < 1.29 is 40.7 Å². The minimum atomic E-state index is -4.78. The number of benzene rings is 2. The second-order valence-corrected chi connectivity index (χ2v) is 14.0. The highest BCUT2D eigenvalue weighted by atomic mass is 32.2. The van der Waals surface area contributed by atoms with Gasteiger partial charge in [-0.2, -0.15) is 0 Å². The fourth-order valence-corrected chi connectivity index (χ4v) is 6.86. The van der Waals surface area contributed by atoms with E-state index in [4.69, 9.17) is 14.5 Å². The zero-order chi connectivity index (χ0) is 34.8. The molecule has 1 aliphatic heterocycles. The number of morpholine rings is 1. The van der Waals surface area contributed by atoms with Gasteiger partial charge < -0.3 is 9.47 Å². The van der Waals surface area contributed by atoms with Gasteiger partial charge in [0.15, 0.2) is 5.82 Å². The monoisotopic (exact) mass is 702 g/mol. The predicted octanol–water partition coefficient (Wildman–Crippen LogP) is 5.92. The van der Waals surface area contributed by atoms with Crippen molar-refractivity contribution in [1.82, 2.24) is 19.9 Å². The minimum Gasteiger partial charge on any atom is -0.444 e. The highest BCUT2D eigenvalue weighted by Crippen LogP contribution is 2.42. The standard InChI is InChI=1S/C31H29F3N6O6S2/c1-5-24(41)37-29-35-12-11-21(36-29)27-26(38-28(47-27)22-16-45-14-13-40(22)30(42)46-31(2,3)4)18-7-6-8-20(25(18)34)39-48(43,44)23-15-17(32)9-10-19(23)33/h5-12,15,22,39H,1,13-14,16H2,2-4H3,(H,35,36,37,41). The van der Waals surface area contributed by atoms with Gasteiger partial charge in [-0.15, -0.1) is 11.3 Å². The van der Waals surface area contributed by atoms with Crippen molar-refractivity contribution >= 4 is 45.0 Å². The first-order valence-electron chi connectivity index (χ1n) is 14.3. The topological polar surface area (TPSA) is 153 Å². The molecule has 2 aromatic carbocycles. The molecule has 1 atom stereocenters. The van der Waals surface area contributed by atoms with Gasteiger partial charge in [-0.05, 0) is 63.2 Å². The van der Waals surface area contributed by atoms with Crippen LogP contribution < -0.4 is 10.0 Å². The molecule has 17 heteroatoms. The molecule has 12 nitrogen and oxygen atoms in total. The van der Waals surface area contributed by atoms with Crippen LogP contribution >= 0.6 is 11.3 Å². The third kappa shape index (κ3) is 7.64. The number of thiazole rings is 1. The second-order valence-electron chi connectivity index (χ2n) is 11.3. The van der Waals surface area contributed by atoms with E-state index in [1.165, 1.54) is 29.3 Å². The number of rotatable bonds is 8. The van der Waals surface area contributed by atoms with E-state index in [0.717, 1.165) is 29.5 Å². The summed E-state index contributed by atoms with van der Waals surface area (Å²) in [6, 6.07) is 6.38. The van der Waals surface area contributed by atoms with Crippen molar-refractivity contribution in [3.05, 3.63) is 83.8 Å². The Kier molecular flexibility index (Phi) is 9.84. The maximum absolute atomic E-state index is 16.3. The number of sulfonamides is 1. The number of halogens is 3. The lowest BCUT2D eigenvalue weighted by Crippen LogP contribution is -2.45. The summed E-state index contributed by atoms with van der Waals surface area (Å²) in [5.74, 6) is -4.00. The van der Waals surface area contributed by atoms with E-state index in [0.29, 0.717) is 17.1 Å². The molecule has 4 aromatic rings. The Bertz CT molecular complexity index is 2000. The van der Waals surface area contributed by atoms with Crippen molar-refractivity contribution in [3.63, 3.8) is 0 Å². The summed E-state index contributed by atoms with van der Waals surface area (Å²) in [6.45, 7) is 9.04. The van der Waals surface area contributed by atoms with E-state index in [1.807, 2.05) is 4.72 Å². The number of nitrogens with one attached hydrogen (secondary N) is 2. The summed E-state index contributed by atoms with van der Waals surface area (Å²) < 4.78 is 83.7. The summed E-state index contributed by atoms with van der Waals surface area (Å²) in [4.78, 5) is 38.9. The molecule has 2 N–H and O–H groups in total. The van der Waals surface area contributed by atoms with Gasteiger partial charge in [0.25, 0.3) is 10.0 Å². The Morgan fingerprint density at radius 2 is 1.92 bits per heavy atom. The number of carbonyl (C=O) groups is 2. The number of anilines is 2. The molecular formula is C31H29F3N6O6S2. The molecule has 5 rings (SSSR count). The van der Waals surface area contributed by atoms with E-state index >= 15 is 4.39 Å². The van der Waals surface area contributed by atoms with Crippen LogP contribution in [-0.4, -0.2) is 65.6 Å². The first kappa shape index (κ1) is 34.5. The fraction of sp³-hybridized carbons (Fsp3) is 0.258. The molecule has 0 spiro atoms. The molecule has 1 fully saturated rings. The number of amides is 2. The highest BCUT2D eigenvalue weighted by Gasteiger charge is 2.35. The average molecular weight is 703 g/mol. The number of hydrogen-bond donors (Lipinski definition) is 2. The summed E-state index contributed by atoms with van der Waals surface area (Å²) in [5, 5.41) is 2.77. The van der Waals surface area contributed by atoms with Crippen LogP contribution in [0.4, 0.5) is 29.6 Å². The van der Waals surface area contributed by atoms with Crippen molar-refractivity contribution in [2.75, 3.05) is 29.8 Å². The molecule has 0 radical (unpaired) electrons. The molecule has 0 aliphatic carbocycles. The maximum atomic E-state index is 16.3. The molecule has 252 valence electrons. The van der Waals surface area contributed by atoms with E-state index in [9.17, 15) is 26.8 Å². The van der Waals surface area contributed by atoms with Crippen LogP contribution in [0.1, 0.15) is 31.8 Å². The van der Waals surface area contributed by atoms with Gasteiger partial charge in [0.1, 0.15) is 33.2 Å². The van der Waals surface area contributed by atoms with E-state index in [1.54, 1.807) is 20.8 Å². The Morgan fingerprint density at radius 1 is 1.15 bits per heavy atom. The van der Waals surface area contributed by atoms with E-state index in [-0.39, 0.29) is 47.5 Å². The quantitative estimate of drug-likeness (QED) is 0.213. The Morgan fingerprint density at radius 3 is 2.65 bits per heavy atom. The Balaban J connectivity index is 1.62. The molecule has 2 aromatic heterocycles. The fourth-order valence-electron chi connectivity index (χ4n) is 4.57. The van der Waals surface area contributed by atoms with E-state index in [2.05, 4.69) is 21.9 Å². The molecule has 0 saturated carbocycles. The summed E-state index contributed by atoms with van der Waals surface area (Å²) in [6.07, 6.45) is 1.77. The van der Waals surface area contributed by atoms with Crippen LogP contribution in [0.5, 0.6) is 0 Å². The highest BCUT2D eigenvalue weighted by molar-refractivity contribution is 7.92. The third-order valence-corrected chi connectivity index (χ3v) is 9.23.